The number of halogens is 1. The minimum absolute atomic E-state index is 0.430. The third-order valence-electron chi connectivity index (χ3n) is 1.78. The smallest absolute Gasteiger partial charge is 0.206 e. The van der Waals surface area contributed by atoms with Gasteiger partial charge in [-0.05, 0) is 13.3 Å². The van der Waals surface area contributed by atoms with E-state index in [-0.39, 0.29) is 0 Å². The first-order chi connectivity index (χ1) is 5.12. The zero-order chi connectivity index (χ0) is 8.74. The first-order valence-corrected chi connectivity index (χ1v) is 4.45. The summed E-state index contributed by atoms with van der Waals surface area (Å²) in [5.74, 6) is -1.41. The lowest BCUT2D eigenvalue weighted by Crippen LogP contribution is -2.21. The van der Waals surface area contributed by atoms with Crippen LogP contribution in [0.3, 0.4) is 0 Å². The molecule has 0 aromatic heterocycles. The first-order valence-electron chi connectivity index (χ1n) is 4.45. The summed E-state index contributed by atoms with van der Waals surface area (Å²) in [6.07, 6.45) is 3.67. The van der Waals surface area contributed by atoms with Gasteiger partial charge in [0.05, 0.1) is 6.61 Å². The highest BCUT2D eigenvalue weighted by Gasteiger charge is 2.19. The van der Waals surface area contributed by atoms with Crippen LogP contribution in [-0.4, -0.2) is 12.5 Å². The Morgan fingerprint density at radius 3 is 2.36 bits per heavy atom. The fraction of sp³-hybridized carbons (Fsp3) is 1.00. The minimum atomic E-state index is -1.41. The van der Waals surface area contributed by atoms with Crippen LogP contribution in [0.15, 0.2) is 0 Å². The lowest BCUT2D eigenvalue weighted by atomic mass is 10.2. The average Bonchev–Trinajstić information content (AvgIpc) is 1.99. The Kier molecular flexibility index (Phi) is 5.47. The highest BCUT2D eigenvalue weighted by molar-refractivity contribution is 4.55. The summed E-state index contributed by atoms with van der Waals surface area (Å²) >= 11 is 0. The van der Waals surface area contributed by atoms with E-state index in [4.69, 9.17) is 4.74 Å². The molecule has 0 amide bonds. The summed E-state index contributed by atoms with van der Waals surface area (Å²) in [7, 11) is 0. The number of hydrogen-bond donors (Lipinski definition) is 0. The van der Waals surface area contributed by atoms with Crippen molar-refractivity contribution >= 4 is 0 Å². The molecule has 1 unspecified atom stereocenters. The van der Waals surface area contributed by atoms with Gasteiger partial charge in [0.15, 0.2) is 0 Å². The summed E-state index contributed by atoms with van der Waals surface area (Å²) in [5, 5.41) is 0. The van der Waals surface area contributed by atoms with Crippen molar-refractivity contribution in [3.63, 3.8) is 0 Å². The van der Waals surface area contributed by atoms with Gasteiger partial charge < -0.3 is 4.74 Å². The first kappa shape index (κ1) is 10.9. The van der Waals surface area contributed by atoms with Gasteiger partial charge in [-0.1, -0.05) is 26.7 Å². The van der Waals surface area contributed by atoms with Gasteiger partial charge in [-0.2, -0.15) is 0 Å². The number of alkyl halides is 1. The second-order valence-electron chi connectivity index (χ2n) is 3.01. The van der Waals surface area contributed by atoms with Crippen LogP contribution in [-0.2, 0) is 4.74 Å². The van der Waals surface area contributed by atoms with E-state index in [0.29, 0.717) is 13.0 Å². The molecule has 68 valence electrons. The van der Waals surface area contributed by atoms with E-state index in [1.807, 2.05) is 0 Å². The van der Waals surface area contributed by atoms with Crippen LogP contribution in [0.5, 0.6) is 0 Å². The molecule has 1 nitrogen and oxygen atoms in total. The third kappa shape index (κ3) is 6.29. The van der Waals surface area contributed by atoms with Gasteiger partial charge >= 0.3 is 0 Å². The molecule has 0 N–H and O–H groups in total. The summed E-state index contributed by atoms with van der Waals surface area (Å²) in [6, 6.07) is 0. The molecule has 0 aliphatic carbocycles. The molecule has 11 heavy (non-hydrogen) atoms. The predicted molar refractivity (Wildman–Crippen MR) is 45.3 cm³/mol. The Hall–Kier alpha value is -0.110. The van der Waals surface area contributed by atoms with Crippen molar-refractivity contribution in [2.45, 2.75) is 52.3 Å². The van der Waals surface area contributed by atoms with Crippen molar-refractivity contribution < 1.29 is 9.13 Å². The van der Waals surface area contributed by atoms with Gasteiger partial charge in [0, 0.05) is 6.42 Å². The largest absolute Gasteiger partial charge is 0.346 e. The molecule has 0 aromatic rings. The maximum Gasteiger partial charge on any atom is 0.206 e. The van der Waals surface area contributed by atoms with Crippen LogP contribution in [0, 0.1) is 0 Å². The molecule has 0 aromatic carbocycles. The predicted octanol–water partition coefficient (Wildman–Crippen LogP) is 3.29. The van der Waals surface area contributed by atoms with Crippen LogP contribution in [0.25, 0.3) is 0 Å². The van der Waals surface area contributed by atoms with Gasteiger partial charge in [-0.15, -0.1) is 0 Å². The van der Waals surface area contributed by atoms with Crippen LogP contribution >= 0.6 is 0 Å². The van der Waals surface area contributed by atoms with E-state index in [1.54, 1.807) is 6.92 Å². The van der Waals surface area contributed by atoms with E-state index < -0.39 is 5.85 Å². The molecule has 0 bridgehead atoms. The van der Waals surface area contributed by atoms with Gasteiger partial charge in [-0.25, -0.2) is 4.39 Å². The molecule has 0 rings (SSSR count). The number of unbranched alkanes of at least 4 members (excludes halogenated alkanes) is 2. The standard InChI is InChI=1S/C9H19FO/c1-4-6-7-8-11-9(3,10)5-2/h4-8H2,1-3H3. The quantitative estimate of drug-likeness (QED) is 0.544. The second kappa shape index (κ2) is 5.53. The van der Waals surface area contributed by atoms with E-state index >= 15 is 0 Å². The van der Waals surface area contributed by atoms with Crippen molar-refractivity contribution in [1.29, 1.82) is 0 Å². The van der Waals surface area contributed by atoms with Crippen molar-refractivity contribution in [2.24, 2.45) is 0 Å². The fourth-order valence-electron chi connectivity index (χ4n) is 0.739. The van der Waals surface area contributed by atoms with Gasteiger partial charge in [0.25, 0.3) is 0 Å². The molecule has 0 radical (unpaired) electrons. The zero-order valence-electron chi connectivity index (χ0n) is 7.82. The van der Waals surface area contributed by atoms with Crippen molar-refractivity contribution in [1.82, 2.24) is 0 Å². The molecule has 0 aliphatic rings. The maximum absolute atomic E-state index is 13.0. The third-order valence-corrected chi connectivity index (χ3v) is 1.78. The Bertz CT molecular complexity index is 91.6. The van der Waals surface area contributed by atoms with Crippen molar-refractivity contribution in [2.75, 3.05) is 6.61 Å². The Morgan fingerprint density at radius 1 is 1.27 bits per heavy atom. The average molecular weight is 162 g/mol. The lowest BCUT2D eigenvalue weighted by Gasteiger charge is -2.18. The molecule has 0 heterocycles. The van der Waals surface area contributed by atoms with Crippen molar-refractivity contribution in [3.8, 4) is 0 Å². The summed E-state index contributed by atoms with van der Waals surface area (Å²) in [6.45, 7) is 5.95. The van der Waals surface area contributed by atoms with Crippen LogP contribution < -0.4 is 0 Å². The Labute approximate surface area is 68.9 Å². The number of ether oxygens (including phenoxy) is 1. The minimum Gasteiger partial charge on any atom is -0.346 e. The van der Waals surface area contributed by atoms with Crippen LogP contribution in [0.1, 0.15) is 46.5 Å². The number of hydrogen-bond acceptors (Lipinski definition) is 1. The SMILES string of the molecule is CCCCCOC(C)(F)CC. The molecule has 0 saturated heterocycles. The molecular weight excluding hydrogens is 143 g/mol. The van der Waals surface area contributed by atoms with Gasteiger partial charge in [0.2, 0.25) is 5.85 Å². The summed E-state index contributed by atoms with van der Waals surface area (Å²) in [5.41, 5.74) is 0. The van der Waals surface area contributed by atoms with Crippen LogP contribution in [0.2, 0.25) is 0 Å². The van der Waals surface area contributed by atoms with Gasteiger partial charge in [-0.3, -0.25) is 0 Å². The topological polar surface area (TPSA) is 9.23 Å². The molecular formula is C9H19FO. The maximum atomic E-state index is 13.0. The van der Waals surface area contributed by atoms with Crippen molar-refractivity contribution in [3.05, 3.63) is 0 Å². The molecule has 2 heteroatoms. The highest BCUT2D eigenvalue weighted by Crippen LogP contribution is 2.16. The monoisotopic (exact) mass is 162 g/mol. The van der Waals surface area contributed by atoms with Gasteiger partial charge in [0.1, 0.15) is 0 Å². The Balaban J connectivity index is 3.23. The molecule has 0 fully saturated rings. The fourth-order valence-corrected chi connectivity index (χ4v) is 0.739. The summed E-state index contributed by atoms with van der Waals surface area (Å²) in [4.78, 5) is 0. The van der Waals surface area contributed by atoms with E-state index in [0.717, 1.165) is 19.3 Å². The number of rotatable bonds is 6. The zero-order valence-corrected chi connectivity index (χ0v) is 7.82. The molecule has 0 spiro atoms. The van der Waals surface area contributed by atoms with E-state index in [9.17, 15) is 4.39 Å². The van der Waals surface area contributed by atoms with Crippen LogP contribution in [0.4, 0.5) is 4.39 Å². The Morgan fingerprint density at radius 2 is 1.91 bits per heavy atom. The van der Waals surface area contributed by atoms with E-state index in [1.165, 1.54) is 6.92 Å². The molecule has 1 atom stereocenters. The molecule has 0 saturated carbocycles. The highest BCUT2D eigenvalue weighted by atomic mass is 19.2. The summed E-state index contributed by atoms with van der Waals surface area (Å²) < 4.78 is 18.0. The lowest BCUT2D eigenvalue weighted by molar-refractivity contribution is -0.133. The second-order valence-corrected chi connectivity index (χ2v) is 3.01. The van der Waals surface area contributed by atoms with E-state index in [2.05, 4.69) is 6.92 Å². The molecule has 0 aliphatic heterocycles. The normalized spacial score (nSPS) is 16.4.